The molecular formula is C8H8BrFN2O5S. The number of benzene rings is 1. The summed E-state index contributed by atoms with van der Waals surface area (Å²) in [7, 11) is -3.74. The molecule has 0 aromatic heterocycles. The van der Waals surface area contributed by atoms with E-state index in [2.05, 4.69) is 15.9 Å². The highest BCUT2D eigenvalue weighted by Crippen LogP contribution is 2.32. The van der Waals surface area contributed by atoms with Gasteiger partial charge in [0.25, 0.3) is 0 Å². The van der Waals surface area contributed by atoms with E-state index < -0.39 is 38.8 Å². The zero-order valence-electron chi connectivity index (χ0n) is 8.80. The molecular weight excluding hydrogens is 335 g/mol. The number of nitrogens with zero attached hydrogens (tertiary/aromatic N) is 1. The Labute approximate surface area is 110 Å². The maximum absolute atomic E-state index is 13.2. The van der Waals surface area contributed by atoms with Crippen LogP contribution in [0.4, 0.5) is 10.1 Å². The van der Waals surface area contributed by atoms with Gasteiger partial charge in [-0.1, -0.05) is 0 Å². The van der Waals surface area contributed by atoms with Crippen LogP contribution in [0.5, 0.6) is 5.75 Å². The first kappa shape index (κ1) is 14.8. The maximum Gasteiger partial charge on any atom is 0.312 e. The molecule has 0 spiro atoms. The van der Waals surface area contributed by atoms with Crippen molar-refractivity contribution >= 4 is 31.6 Å². The van der Waals surface area contributed by atoms with Gasteiger partial charge in [-0.05, 0) is 15.9 Å². The lowest BCUT2D eigenvalue weighted by Gasteiger charge is -2.06. The third-order valence-corrected chi connectivity index (χ3v) is 3.17. The summed E-state index contributed by atoms with van der Waals surface area (Å²) >= 11 is 2.80. The smallest absolute Gasteiger partial charge is 0.312 e. The summed E-state index contributed by atoms with van der Waals surface area (Å²) < 4.78 is 39.2. The quantitative estimate of drug-likeness (QED) is 0.637. The van der Waals surface area contributed by atoms with Crippen LogP contribution in [0.15, 0.2) is 16.6 Å². The molecule has 0 radical (unpaired) electrons. The molecule has 0 aliphatic rings. The van der Waals surface area contributed by atoms with E-state index in [-0.39, 0.29) is 10.2 Å². The molecule has 0 saturated carbocycles. The lowest BCUT2D eigenvalue weighted by Crippen LogP contribution is -2.21. The molecule has 10 heteroatoms. The number of nitro benzene ring substituents is 1. The van der Waals surface area contributed by atoms with E-state index in [4.69, 9.17) is 9.88 Å². The fourth-order valence-electron chi connectivity index (χ4n) is 1.04. The number of ether oxygens (including phenoxy) is 1. The summed E-state index contributed by atoms with van der Waals surface area (Å²) in [5.41, 5.74) is -0.474. The van der Waals surface area contributed by atoms with Crippen LogP contribution in [0.2, 0.25) is 0 Å². The van der Waals surface area contributed by atoms with Crippen molar-refractivity contribution in [2.24, 2.45) is 5.14 Å². The van der Waals surface area contributed by atoms with Gasteiger partial charge in [0.1, 0.15) is 12.4 Å². The monoisotopic (exact) mass is 342 g/mol. The van der Waals surface area contributed by atoms with Gasteiger partial charge in [-0.25, -0.2) is 17.9 Å². The lowest BCUT2D eigenvalue weighted by atomic mass is 10.3. The molecule has 0 heterocycles. The van der Waals surface area contributed by atoms with Gasteiger partial charge < -0.3 is 4.74 Å². The number of hydrogen-bond donors (Lipinski definition) is 1. The molecule has 0 aliphatic carbocycles. The largest absolute Gasteiger partial charge is 0.486 e. The summed E-state index contributed by atoms with van der Waals surface area (Å²) in [6, 6.07) is 1.73. The fourth-order valence-corrected chi connectivity index (χ4v) is 1.69. The molecule has 100 valence electrons. The van der Waals surface area contributed by atoms with Gasteiger partial charge in [-0.2, -0.15) is 0 Å². The van der Waals surface area contributed by atoms with Crippen LogP contribution < -0.4 is 9.88 Å². The van der Waals surface area contributed by atoms with Crippen molar-refractivity contribution in [2.75, 3.05) is 12.4 Å². The number of primary sulfonamides is 1. The summed E-state index contributed by atoms with van der Waals surface area (Å²) in [6.07, 6.45) is 0. The van der Waals surface area contributed by atoms with Gasteiger partial charge in [0, 0.05) is 12.1 Å². The first-order chi connectivity index (χ1) is 8.20. The second-order valence-corrected chi connectivity index (χ2v) is 5.79. The van der Waals surface area contributed by atoms with Gasteiger partial charge in [-0.15, -0.1) is 0 Å². The van der Waals surface area contributed by atoms with Crippen LogP contribution in [-0.4, -0.2) is 25.7 Å². The van der Waals surface area contributed by atoms with Crippen molar-refractivity contribution in [3.63, 3.8) is 0 Å². The Bertz CT molecular complexity index is 577. The van der Waals surface area contributed by atoms with Crippen molar-refractivity contribution in [3.8, 4) is 5.75 Å². The van der Waals surface area contributed by atoms with Gasteiger partial charge >= 0.3 is 5.69 Å². The minimum atomic E-state index is -3.74. The molecule has 0 amide bonds. The van der Waals surface area contributed by atoms with Crippen LogP contribution in [0.1, 0.15) is 0 Å². The first-order valence-electron chi connectivity index (χ1n) is 4.47. The Balaban J connectivity index is 2.94. The van der Waals surface area contributed by atoms with E-state index in [1.165, 1.54) is 0 Å². The number of rotatable bonds is 5. The molecule has 2 N–H and O–H groups in total. The third-order valence-electron chi connectivity index (χ3n) is 1.82. The molecule has 0 atom stereocenters. The molecule has 0 fully saturated rings. The van der Waals surface area contributed by atoms with Crippen molar-refractivity contribution in [1.82, 2.24) is 0 Å². The molecule has 18 heavy (non-hydrogen) atoms. The molecule has 1 rings (SSSR count). The second-order valence-electron chi connectivity index (χ2n) is 3.21. The average Bonchev–Trinajstić information content (AvgIpc) is 2.20. The van der Waals surface area contributed by atoms with E-state index in [1.807, 2.05) is 0 Å². The topological polar surface area (TPSA) is 113 Å². The van der Waals surface area contributed by atoms with Crippen LogP contribution in [0, 0.1) is 15.9 Å². The minimum absolute atomic E-state index is 0.0898. The molecule has 0 aliphatic heterocycles. The first-order valence-corrected chi connectivity index (χ1v) is 6.98. The predicted molar refractivity (Wildman–Crippen MR) is 64.2 cm³/mol. The summed E-state index contributed by atoms with van der Waals surface area (Å²) in [5.74, 6) is -1.64. The van der Waals surface area contributed by atoms with Crippen LogP contribution in [0.25, 0.3) is 0 Å². The van der Waals surface area contributed by atoms with Crippen molar-refractivity contribution in [2.45, 2.75) is 0 Å². The molecule has 1 aromatic rings. The lowest BCUT2D eigenvalue weighted by molar-refractivity contribution is -0.386. The summed E-state index contributed by atoms with van der Waals surface area (Å²) in [6.45, 7) is -0.402. The molecule has 0 bridgehead atoms. The SMILES string of the molecule is NS(=O)(=O)CCOc1cc(F)c(Br)cc1[N+](=O)[O-]. The number of nitrogens with two attached hydrogens (primary N) is 1. The highest BCUT2D eigenvalue weighted by Gasteiger charge is 2.19. The molecule has 0 saturated heterocycles. The van der Waals surface area contributed by atoms with E-state index in [0.717, 1.165) is 12.1 Å². The minimum Gasteiger partial charge on any atom is -0.486 e. The summed E-state index contributed by atoms with van der Waals surface area (Å²) in [4.78, 5) is 9.92. The van der Waals surface area contributed by atoms with Crippen LogP contribution in [0.3, 0.4) is 0 Å². The summed E-state index contributed by atoms with van der Waals surface area (Å²) in [5, 5.41) is 15.4. The number of hydrogen-bond acceptors (Lipinski definition) is 5. The predicted octanol–water partition coefficient (Wildman–Crippen LogP) is 1.16. The third kappa shape index (κ3) is 4.20. The van der Waals surface area contributed by atoms with E-state index in [9.17, 15) is 22.9 Å². The molecule has 7 nitrogen and oxygen atoms in total. The van der Waals surface area contributed by atoms with Gasteiger partial charge in [-0.3, -0.25) is 10.1 Å². The van der Waals surface area contributed by atoms with Crippen molar-refractivity contribution in [3.05, 3.63) is 32.5 Å². The maximum atomic E-state index is 13.2. The zero-order chi connectivity index (χ0) is 13.9. The van der Waals surface area contributed by atoms with Crippen molar-refractivity contribution < 1.29 is 22.5 Å². The molecule has 0 unspecified atom stereocenters. The fraction of sp³-hybridized carbons (Fsp3) is 0.250. The number of halogens is 2. The van der Waals surface area contributed by atoms with Crippen LogP contribution >= 0.6 is 15.9 Å². The Kier molecular flexibility index (Phi) is 4.59. The molecule has 1 aromatic carbocycles. The number of sulfonamides is 1. The standard InChI is InChI=1S/C8H8BrFN2O5S/c9-5-3-7(12(13)14)8(4-6(5)10)17-1-2-18(11,15)16/h3-4H,1-2H2,(H2,11,15,16). The highest BCUT2D eigenvalue weighted by molar-refractivity contribution is 9.10. The van der Waals surface area contributed by atoms with Crippen LogP contribution in [-0.2, 0) is 10.0 Å². The Morgan fingerprint density at radius 3 is 2.61 bits per heavy atom. The average molecular weight is 343 g/mol. The van der Waals surface area contributed by atoms with E-state index in [1.54, 1.807) is 0 Å². The van der Waals surface area contributed by atoms with Gasteiger partial charge in [0.15, 0.2) is 5.75 Å². The Hall–Kier alpha value is -1.26. The normalized spacial score (nSPS) is 11.3. The second kappa shape index (κ2) is 5.59. The highest BCUT2D eigenvalue weighted by atomic mass is 79.9. The Morgan fingerprint density at radius 2 is 2.11 bits per heavy atom. The number of nitro groups is 1. The van der Waals surface area contributed by atoms with E-state index >= 15 is 0 Å². The van der Waals surface area contributed by atoms with Gasteiger partial charge in [0.05, 0.1) is 15.1 Å². The van der Waals surface area contributed by atoms with Gasteiger partial charge in [0.2, 0.25) is 10.0 Å². The van der Waals surface area contributed by atoms with E-state index in [0.29, 0.717) is 0 Å². The Morgan fingerprint density at radius 1 is 1.50 bits per heavy atom. The van der Waals surface area contributed by atoms with Crippen molar-refractivity contribution in [1.29, 1.82) is 0 Å². The zero-order valence-corrected chi connectivity index (χ0v) is 11.2.